The van der Waals surface area contributed by atoms with Gasteiger partial charge in [-0.2, -0.15) is 4.99 Å². The lowest BCUT2D eigenvalue weighted by Gasteiger charge is -2.03. The standard InChI is InChI=1S/C6H8N2OS3/c1-2-11-12-6(8-4-9)3-7-5-10/h6H,2-3H2,1H3. The molecule has 0 aliphatic rings. The molecule has 0 amide bonds. The van der Waals surface area contributed by atoms with Crippen molar-refractivity contribution < 1.29 is 4.79 Å². The number of hydrogen-bond donors (Lipinski definition) is 0. The third kappa shape index (κ3) is 6.58. The number of carbonyl (C=O) groups excluding carboxylic acids is 1. The summed E-state index contributed by atoms with van der Waals surface area (Å²) < 4.78 is 0. The van der Waals surface area contributed by atoms with Crippen LogP contribution in [0.2, 0.25) is 0 Å². The van der Waals surface area contributed by atoms with Crippen LogP contribution >= 0.6 is 33.8 Å². The van der Waals surface area contributed by atoms with Gasteiger partial charge < -0.3 is 0 Å². The van der Waals surface area contributed by atoms with Crippen LogP contribution in [0.5, 0.6) is 0 Å². The van der Waals surface area contributed by atoms with Gasteiger partial charge in [-0.25, -0.2) is 9.79 Å². The lowest BCUT2D eigenvalue weighted by atomic mass is 10.7. The molecule has 0 N–H and O–H groups in total. The van der Waals surface area contributed by atoms with Crippen LogP contribution in [-0.2, 0) is 4.79 Å². The lowest BCUT2D eigenvalue weighted by Crippen LogP contribution is -2.00. The predicted molar refractivity (Wildman–Crippen MR) is 57.5 cm³/mol. The largest absolute Gasteiger partial charge is 0.236 e. The monoisotopic (exact) mass is 220 g/mol. The van der Waals surface area contributed by atoms with Gasteiger partial charge in [0.05, 0.1) is 11.7 Å². The summed E-state index contributed by atoms with van der Waals surface area (Å²) in [4.78, 5) is 17.2. The molecule has 0 aromatic heterocycles. The number of rotatable bonds is 6. The Kier molecular flexibility index (Phi) is 8.88. The van der Waals surface area contributed by atoms with Crippen LogP contribution in [0.3, 0.4) is 0 Å². The summed E-state index contributed by atoms with van der Waals surface area (Å²) in [6.45, 7) is 2.43. The Morgan fingerprint density at radius 2 is 2.42 bits per heavy atom. The summed E-state index contributed by atoms with van der Waals surface area (Å²) in [5.41, 5.74) is 0. The highest BCUT2D eigenvalue weighted by Gasteiger charge is 2.05. The van der Waals surface area contributed by atoms with E-state index >= 15 is 0 Å². The fraction of sp³-hybridized carbons (Fsp3) is 0.667. The molecule has 0 radical (unpaired) electrons. The molecule has 1 atom stereocenters. The van der Waals surface area contributed by atoms with Crippen LogP contribution < -0.4 is 0 Å². The van der Waals surface area contributed by atoms with Gasteiger partial charge >= 0.3 is 0 Å². The van der Waals surface area contributed by atoms with E-state index in [2.05, 4.69) is 27.4 Å². The van der Waals surface area contributed by atoms with Crippen molar-refractivity contribution >= 4 is 45.0 Å². The van der Waals surface area contributed by atoms with Crippen molar-refractivity contribution in [3.05, 3.63) is 0 Å². The molecule has 0 heterocycles. The van der Waals surface area contributed by atoms with Gasteiger partial charge in [0.1, 0.15) is 5.37 Å². The fourth-order valence-corrected chi connectivity index (χ4v) is 2.19. The first-order valence-electron chi connectivity index (χ1n) is 3.24. The third-order valence-electron chi connectivity index (χ3n) is 0.806. The number of nitrogens with zero attached hydrogens (tertiary/aromatic N) is 2. The highest BCUT2D eigenvalue weighted by atomic mass is 33.1. The molecule has 12 heavy (non-hydrogen) atoms. The molecule has 0 aliphatic heterocycles. The first kappa shape index (κ1) is 11.9. The second-order valence-electron chi connectivity index (χ2n) is 1.61. The van der Waals surface area contributed by atoms with Crippen LogP contribution in [0.15, 0.2) is 9.98 Å². The van der Waals surface area contributed by atoms with Crippen molar-refractivity contribution in [2.75, 3.05) is 12.3 Å². The quantitative estimate of drug-likeness (QED) is 0.298. The molecule has 0 aromatic carbocycles. The van der Waals surface area contributed by atoms with Crippen molar-refractivity contribution in [2.45, 2.75) is 12.3 Å². The maximum atomic E-state index is 9.94. The van der Waals surface area contributed by atoms with Gasteiger partial charge in [-0.15, -0.1) is 0 Å². The average Bonchev–Trinajstić information content (AvgIpc) is 2.10. The predicted octanol–water partition coefficient (Wildman–Crippen LogP) is 2.15. The van der Waals surface area contributed by atoms with Crippen LogP contribution in [0, 0.1) is 0 Å². The molecule has 6 heteroatoms. The van der Waals surface area contributed by atoms with E-state index in [0.29, 0.717) is 6.54 Å². The number of isothiocyanates is 1. The van der Waals surface area contributed by atoms with Crippen molar-refractivity contribution in [1.82, 2.24) is 0 Å². The van der Waals surface area contributed by atoms with Gasteiger partial charge in [-0.1, -0.05) is 28.5 Å². The first-order chi connectivity index (χ1) is 5.85. The van der Waals surface area contributed by atoms with E-state index in [1.54, 1.807) is 10.8 Å². The summed E-state index contributed by atoms with van der Waals surface area (Å²) >= 11 is 4.39. The molecular formula is C6H8N2OS3. The molecule has 0 saturated carbocycles. The molecular weight excluding hydrogens is 212 g/mol. The van der Waals surface area contributed by atoms with E-state index in [1.165, 1.54) is 16.9 Å². The Morgan fingerprint density at radius 3 is 2.92 bits per heavy atom. The van der Waals surface area contributed by atoms with E-state index in [-0.39, 0.29) is 5.37 Å². The highest BCUT2D eigenvalue weighted by Crippen LogP contribution is 2.26. The molecule has 3 nitrogen and oxygen atoms in total. The van der Waals surface area contributed by atoms with Crippen LogP contribution in [0.25, 0.3) is 0 Å². The van der Waals surface area contributed by atoms with Gasteiger partial charge in [0.2, 0.25) is 6.08 Å². The van der Waals surface area contributed by atoms with E-state index in [9.17, 15) is 4.79 Å². The zero-order chi connectivity index (χ0) is 9.23. The summed E-state index contributed by atoms with van der Waals surface area (Å²) in [6.07, 6.45) is 1.50. The number of aliphatic imine (C=N–C) groups is 2. The van der Waals surface area contributed by atoms with Crippen molar-refractivity contribution in [2.24, 2.45) is 9.98 Å². The summed E-state index contributed by atoms with van der Waals surface area (Å²) in [6, 6.07) is 0. The average molecular weight is 220 g/mol. The lowest BCUT2D eigenvalue weighted by molar-refractivity contribution is 0.562. The minimum Gasteiger partial charge on any atom is -0.229 e. The number of isocyanates is 1. The molecule has 0 spiro atoms. The second kappa shape index (κ2) is 8.97. The maximum Gasteiger partial charge on any atom is 0.236 e. The molecule has 0 saturated heterocycles. The van der Waals surface area contributed by atoms with Crippen molar-refractivity contribution in [3.8, 4) is 0 Å². The first-order valence-corrected chi connectivity index (χ1v) is 6.03. The SMILES string of the molecule is CCSSC(CN=C=S)N=C=O. The van der Waals surface area contributed by atoms with Gasteiger partial charge in [-0.05, 0) is 12.2 Å². The Morgan fingerprint density at radius 1 is 1.67 bits per heavy atom. The molecule has 0 aromatic rings. The number of thiocarbonyl (C=S) groups is 1. The van der Waals surface area contributed by atoms with Gasteiger partial charge in [-0.3, -0.25) is 0 Å². The van der Waals surface area contributed by atoms with E-state index in [0.717, 1.165) is 5.75 Å². The Bertz CT molecular complexity index is 209. The topological polar surface area (TPSA) is 41.8 Å². The summed E-state index contributed by atoms with van der Waals surface area (Å²) in [5, 5.41) is 2.05. The van der Waals surface area contributed by atoms with Crippen LogP contribution in [-0.4, -0.2) is 28.9 Å². The van der Waals surface area contributed by atoms with E-state index in [1.807, 2.05) is 6.92 Å². The normalized spacial score (nSPS) is 11.1. The maximum absolute atomic E-state index is 9.94. The minimum absolute atomic E-state index is 0.178. The zero-order valence-corrected chi connectivity index (χ0v) is 8.97. The zero-order valence-electron chi connectivity index (χ0n) is 6.52. The molecule has 0 fully saturated rings. The molecule has 0 aliphatic carbocycles. The summed E-state index contributed by atoms with van der Waals surface area (Å²) in [5.74, 6) is 0.969. The Hall–Kier alpha value is -0.120. The van der Waals surface area contributed by atoms with E-state index < -0.39 is 0 Å². The third-order valence-corrected chi connectivity index (χ3v) is 3.57. The van der Waals surface area contributed by atoms with E-state index in [4.69, 9.17) is 0 Å². The Labute approximate surface area is 84.5 Å². The minimum atomic E-state index is -0.178. The van der Waals surface area contributed by atoms with Crippen LogP contribution in [0.4, 0.5) is 0 Å². The molecule has 0 bridgehead atoms. The molecule has 1 unspecified atom stereocenters. The van der Waals surface area contributed by atoms with Gasteiger partial charge in [0.25, 0.3) is 0 Å². The smallest absolute Gasteiger partial charge is 0.229 e. The van der Waals surface area contributed by atoms with Gasteiger partial charge in [0, 0.05) is 5.75 Å². The molecule has 66 valence electrons. The Balaban J connectivity index is 3.85. The van der Waals surface area contributed by atoms with Gasteiger partial charge in [0.15, 0.2) is 0 Å². The summed E-state index contributed by atoms with van der Waals surface area (Å²) in [7, 11) is 3.12. The van der Waals surface area contributed by atoms with Crippen molar-refractivity contribution in [3.63, 3.8) is 0 Å². The highest BCUT2D eigenvalue weighted by molar-refractivity contribution is 8.76. The second-order valence-corrected chi connectivity index (χ2v) is 4.63. The number of hydrogen-bond acceptors (Lipinski definition) is 6. The fourth-order valence-electron chi connectivity index (χ4n) is 0.413. The van der Waals surface area contributed by atoms with Crippen LogP contribution in [0.1, 0.15) is 6.92 Å². The van der Waals surface area contributed by atoms with Crippen molar-refractivity contribution in [1.29, 1.82) is 0 Å². The molecule has 0 rings (SSSR count).